The van der Waals surface area contributed by atoms with Crippen LogP contribution in [-0.2, 0) is 13.1 Å². The summed E-state index contributed by atoms with van der Waals surface area (Å²) < 4.78 is 0. The van der Waals surface area contributed by atoms with Crippen LogP contribution in [0.4, 0.5) is 0 Å². The van der Waals surface area contributed by atoms with Gasteiger partial charge >= 0.3 is 0 Å². The maximum atomic E-state index is 4.37. The van der Waals surface area contributed by atoms with Gasteiger partial charge in [-0.15, -0.1) is 24.0 Å². The van der Waals surface area contributed by atoms with E-state index >= 15 is 0 Å². The van der Waals surface area contributed by atoms with E-state index in [0.717, 1.165) is 32.1 Å². The normalized spacial score (nSPS) is 21.3. The van der Waals surface area contributed by atoms with E-state index in [1.54, 1.807) is 0 Å². The van der Waals surface area contributed by atoms with Crippen LogP contribution in [-0.4, -0.2) is 61.6 Å². The van der Waals surface area contributed by atoms with Crippen molar-refractivity contribution in [2.45, 2.75) is 51.7 Å². The summed E-state index contributed by atoms with van der Waals surface area (Å²) >= 11 is 0. The lowest BCUT2D eigenvalue weighted by Gasteiger charge is -2.24. The van der Waals surface area contributed by atoms with E-state index in [-0.39, 0.29) is 24.0 Å². The molecular weight excluding hydrogens is 449 g/mol. The third-order valence-electron chi connectivity index (χ3n) is 5.72. The van der Waals surface area contributed by atoms with Gasteiger partial charge in [0.25, 0.3) is 0 Å². The van der Waals surface area contributed by atoms with Crippen molar-refractivity contribution in [3.05, 3.63) is 35.4 Å². The Balaban J connectivity index is 0.00000261. The van der Waals surface area contributed by atoms with Gasteiger partial charge < -0.3 is 10.6 Å². The highest BCUT2D eigenvalue weighted by atomic mass is 127. The molecule has 2 aliphatic rings. The van der Waals surface area contributed by atoms with Gasteiger partial charge in [-0.05, 0) is 63.0 Å². The van der Waals surface area contributed by atoms with E-state index < -0.39 is 0 Å². The lowest BCUT2D eigenvalue weighted by molar-refractivity contribution is 0.267. The molecule has 1 unspecified atom stereocenters. The molecule has 0 aliphatic carbocycles. The minimum Gasteiger partial charge on any atom is -0.355 e. The summed E-state index contributed by atoms with van der Waals surface area (Å²) in [6.07, 6.45) is 5.31. The maximum Gasteiger partial charge on any atom is 0.191 e. The summed E-state index contributed by atoms with van der Waals surface area (Å²) in [6.45, 7) is 10.0. The van der Waals surface area contributed by atoms with E-state index in [0.29, 0.717) is 6.04 Å². The number of rotatable bonds is 7. The summed E-state index contributed by atoms with van der Waals surface area (Å²) in [5.74, 6) is 0.897. The summed E-state index contributed by atoms with van der Waals surface area (Å²) in [5.41, 5.74) is 2.72. The number of likely N-dealkylation sites (N-methyl/N-ethyl adjacent to an activating group) is 1. The molecule has 2 N–H and O–H groups in total. The van der Waals surface area contributed by atoms with Gasteiger partial charge in [-0.25, -0.2) is 0 Å². The second-order valence-corrected chi connectivity index (χ2v) is 7.53. The zero-order chi connectivity index (χ0) is 18.2. The first-order valence-electron chi connectivity index (χ1n) is 10.3. The zero-order valence-corrected chi connectivity index (χ0v) is 19.2. The molecule has 5 nitrogen and oxygen atoms in total. The largest absolute Gasteiger partial charge is 0.355 e. The standard InChI is InChI=1S/C21H35N5.HI/c1-3-26-14-6-7-20(26)16-24-21(22-2)23-15-18-8-10-19(11-9-18)17-25-12-4-5-13-25;/h8-11,20H,3-7,12-17H2,1-2H3,(H2,22,23,24);1H. The number of halogens is 1. The molecule has 6 heteroatoms. The van der Waals surface area contributed by atoms with Crippen LogP contribution in [0.2, 0.25) is 0 Å². The van der Waals surface area contributed by atoms with Crippen molar-refractivity contribution >= 4 is 29.9 Å². The van der Waals surface area contributed by atoms with E-state index in [9.17, 15) is 0 Å². The quantitative estimate of drug-likeness (QED) is 0.354. The van der Waals surface area contributed by atoms with Gasteiger partial charge in [0.05, 0.1) is 0 Å². The first kappa shape index (κ1) is 22.4. The van der Waals surface area contributed by atoms with Crippen molar-refractivity contribution < 1.29 is 0 Å². The summed E-state index contributed by atoms with van der Waals surface area (Å²) in [4.78, 5) is 9.47. The number of guanidine groups is 1. The number of hydrogen-bond acceptors (Lipinski definition) is 3. The summed E-state index contributed by atoms with van der Waals surface area (Å²) in [7, 11) is 1.85. The number of benzene rings is 1. The Morgan fingerprint density at radius 1 is 1.04 bits per heavy atom. The first-order valence-corrected chi connectivity index (χ1v) is 10.3. The fourth-order valence-electron chi connectivity index (χ4n) is 4.12. The van der Waals surface area contributed by atoms with Gasteiger partial charge in [-0.1, -0.05) is 31.2 Å². The van der Waals surface area contributed by atoms with Gasteiger partial charge in [-0.3, -0.25) is 14.8 Å². The topological polar surface area (TPSA) is 42.9 Å². The monoisotopic (exact) mass is 485 g/mol. The lowest BCUT2D eigenvalue weighted by Crippen LogP contribution is -2.44. The second kappa shape index (κ2) is 11.9. The summed E-state index contributed by atoms with van der Waals surface area (Å²) in [6, 6.07) is 9.65. The number of aliphatic imine (C=N–C) groups is 1. The molecule has 1 atom stereocenters. The molecule has 2 heterocycles. The predicted octanol–water partition coefficient (Wildman–Crippen LogP) is 3.05. The minimum atomic E-state index is 0. The van der Waals surface area contributed by atoms with Gasteiger partial charge in [0, 0.05) is 32.7 Å². The average molecular weight is 485 g/mol. The Kier molecular flexibility index (Phi) is 9.86. The van der Waals surface area contributed by atoms with Crippen molar-refractivity contribution in [3.8, 4) is 0 Å². The number of nitrogens with zero attached hydrogens (tertiary/aromatic N) is 3. The molecule has 1 aromatic carbocycles. The molecule has 0 aromatic heterocycles. The molecule has 2 aliphatic heterocycles. The molecular formula is C21H36IN5. The third-order valence-corrected chi connectivity index (χ3v) is 5.72. The predicted molar refractivity (Wildman–Crippen MR) is 125 cm³/mol. The van der Waals surface area contributed by atoms with Crippen molar-refractivity contribution in [2.24, 2.45) is 4.99 Å². The SMILES string of the molecule is CCN1CCCC1CNC(=NC)NCc1ccc(CN2CCCC2)cc1.I. The maximum absolute atomic E-state index is 4.37. The van der Waals surface area contributed by atoms with Crippen LogP contribution < -0.4 is 10.6 Å². The van der Waals surface area contributed by atoms with Crippen LogP contribution in [0, 0.1) is 0 Å². The average Bonchev–Trinajstić information content (AvgIpc) is 3.34. The van der Waals surface area contributed by atoms with Crippen LogP contribution in [0.3, 0.4) is 0 Å². The van der Waals surface area contributed by atoms with Crippen molar-refractivity contribution in [1.29, 1.82) is 0 Å². The van der Waals surface area contributed by atoms with Crippen molar-refractivity contribution in [1.82, 2.24) is 20.4 Å². The molecule has 152 valence electrons. The Morgan fingerprint density at radius 3 is 2.41 bits per heavy atom. The fraction of sp³-hybridized carbons (Fsp3) is 0.667. The molecule has 2 fully saturated rings. The number of likely N-dealkylation sites (tertiary alicyclic amines) is 2. The molecule has 27 heavy (non-hydrogen) atoms. The molecule has 1 aromatic rings. The highest BCUT2D eigenvalue weighted by Gasteiger charge is 2.22. The van der Waals surface area contributed by atoms with Crippen LogP contribution >= 0.6 is 24.0 Å². The highest BCUT2D eigenvalue weighted by molar-refractivity contribution is 14.0. The molecule has 0 saturated carbocycles. The number of hydrogen-bond donors (Lipinski definition) is 2. The smallest absolute Gasteiger partial charge is 0.191 e. The molecule has 0 bridgehead atoms. The first-order chi connectivity index (χ1) is 12.8. The van der Waals surface area contributed by atoms with Crippen LogP contribution in [0.1, 0.15) is 43.7 Å². The van der Waals surface area contributed by atoms with E-state index in [1.165, 1.54) is 56.4 Å². The zero-order valence-electron chi connectivity index (χ0n) is 16.9. The summed E-state index contributed by atoms with van der Waals surface area (Å²) in [5, 5.41) is 6.94. The fourth-order valence-corrected chi connectivity index (χ4v) is 4.12. The van der Waals surface area contributed by atoms with Crippen LogP contribution in [0.5, 0.6) is 0 Å². The van der Waals surface area contributed by atoms with Gasteiger partial charge in [0.1, 0.15) is 0 Å². The Morgan fingerprint density at radius 2 is 1.74 bits per heavy atom. The van der Waals surface area contributed by atoms with Crippen molar-refractivity contribution in [2.75, 3.05) is 39.8 Å². The second-order valence-electron chi connectivity index (χ2n) is 7.53. The van der Waals surface area contributed by atoms with Crippen molar-refractivity contribution in [3.63, 3.8) is 0 Å². The molecule has 0 radical (unpaired) electrons. The molecule has 0 amide bonds. The highest BCUT2D eigenvalue weighted by Crippen LogP contribution is 2.15. The van der Waals surface area contributed by atoms with Gasteiger partial charge in [0.2, 0.25) is 0 Å². The minimum absolute atomic E-state index is 0. The third kappa shape index (κ3) is 6.91. The Hall–Kier alpha value is -0.860. The van der Waals surface area contributed by atoms with Crippen LogP contribution in [0.25, 0.3) is 0 Å². The Labute approximate surface area is 182 Å². The number of nitrogens with one attached hydrogen (secondary N) is 2. The van der Waals surface area contributed by atoms with E-state index in [1.807, 2.05) is 7.05 Å². The Bertz CT molecular complexity index is 568. The lowest BCUT2D eigenvalue weighted by atomic mass is 10.1. The van der Waals surface area contributed by atoms with Gasteiger partial charge in [0.15, 0.2) is 5.96 Å². The molecule has 3 rings (SSSR count). The molecule has 2 saturated heterocycles. The van der Waals surface area contributed by atoms with E-state index in [4.69, 9.17) is 0 Å². The van der Waals surface area contributed by atoms with Crippen LogP contribution in [0.15, 0.2) is 29.3 Å². The van der Waals surface area contributed by atoms with Gasteiger partial charge in [-0.2, -0.15) is 0 Å². The molecule has 0 spiro atoms. The van der Waals surface area contributed by atoms with E-state index in [2.05, 4.69) is 56.6 Å².